The average molecular weight is 321 g/mol. The molecule has 2 nitrogen and oxygen atoms in total. The second-order valence-electron chi connectivity index (χ2n) is 4.32. The van der Waals surface area contributed by atoms with E-state index in [1.165, 1.54) is 6.07 Å². The van der Waals surface area contributed by atoms with Gasteiger partial charge in [0.2, 0.25) is 5.78 Å². The van der Waals surface area contributed by atoms with Gasteiger partial charge >= 0.3 is 0 Å². The number of halogens is 2. The fraction of sp³-hybridized carbons (Fsp3) is 0.133. The summed E-state index contributed by atoms with van der Waals surface area (Å²) in [5.74, 6) is -0.304. The number of benzene rings is 2. The normalized spacial score (nSPS) is 12.9. The molecule has 0 N–H and O–H groups in total. The Morgan fingerprint density at radius 1 is 1.21 bits per heavy atom. The first-order chi connectivity index (χ1) is 9.18. The Hall–Kier alpha value is -1.68. The van der Waals surface area contributed by atoms with Gasteiger partial charge in [0.05, 0.1) is 17.7 Å². The Labute approximate surface area is 118 Å². The Kier molecular flexibility index (Phi) is 3.11. The van der Waals surface area contributed by atoms with Gasteiger partial charge in [0.15, 0.2) is 0 Å². The van der Waals surface area contributed by atoms with Crippen molar-refractivity contribution in [2.24, 2.45) is 0 Å². The van der Waals surface area contributed by atoms with E-state index in [4.69, 9.17) is 4.74 Å². The highest BCUT2D eigenvalue weighted by Gasteiger charge is 2.24. The van der Waals surface area contributed by atoms with Crippen molar-refractivity contribution in [3.05, 3.63) is 63.4 Å². The fourth-order valence-electron chi connectivity index (χ4n) is 2.24. The second kappa shape index (κ2) is 4.78. The maximum Gasteiger partial charge on any atom is 0.200 e. The van der Waals surface area contributed by atoms with Crippen molar-refractivity contribution in [1.29, 1.82) is 0 Å². The lowest BCUT2D eigenvalue weighted by Gasteiger charge is -2.09. The van der Waals surface area contributed by atoms with E-state index >= 15 is 0 Å². The van der Waals surface area contributed by atoms with Crippen LogP contribution in [0.15, 0.2) is 40.9 Å². The Morgan fingerprint density at radius 2 is 2.00 bits per heavy atom. The summed E-state index contributed by atoms with van der Waals surface area (Å²) in [6, 6.07) is 9.89. The van der Waals surface area contributed by atoms with Crippen LogP contribution in [0.5, 0.6) is 5.75 Å². The lowest BCUT2D eigenvalue weighted by atomic mass is 9.99. The third-order valence-corrected chi connectivity index (χ3v) is 3.81. The van der Waals surface area contributed by atoms with Crippen LogP contribution < -0.4 is 4.74 Å². The highest BCUT2D eigenvalue weighted by molar-refractivity contribution is 9.10. The minimum absolute atomic E-state index is 0.0476. The number of rotatable bonds is 2. The molecule has 19 heavy (non-hydrogen) atoms. The molecule has 0 radical (unpaired) electrons. The van der Waals surface area contributed by atoms with E-state index in [0.29, 0.717) is 22.4 Å². The van der Waals surface area contributed by atoms with Crippen molar-refractivity contribution in [2.45, 2.75) is 6.42 Å². The van der Waals surface area contributed by atoms with Crippen LogP contribution in [0.4, 0.5) is 4.39 Å². The van der Waals surface area contributed by atoms with Gasteiger partial charge in [-0.05, 0) is 39.7 Å². The number of carbonyl (C=O) groups is 1. The number of ketones is 1. The van der Waals surface area contributed by atoms with Gasteiger partial charge in [0.1, 0.15) is 11.6 Å². The number of hydrogen-bond acceptors (Lipinski definition) is 2. The van der Waals surface area contributed by atoms with Crippen molar-refractivity contribution < 1.29 is 13.9 Å². The molecule has 96 valence electrons. The maximum atomic E-state index is 13.8. The van der Waals surface area contributed by atoms with E-state index in [0.717, 1.165) is 12.0 Å². The monoisotopic (exact) mass is 320 g/mol. The quantitative estimate of drug-likeness (QED) is 0.788. The molecule has 0 bridgehead atoms. The van der Waals surface area contributed by atoms with Crippen LogP contribution in [0, 0.1) is 5.82 Å². The molecular formula is C15H10BrFO2. The van der Waals surface area contributed by atoms with Gasteiger partial charge in [-0.15, -0.1) is 0 Å². The van der Waals surface area contributed by atoms with Crippen molar-refractivity contribution >= 4 is 21.7 Å². The van der Waals surface area contributed by atoms with Gasteiger partial charge in [-0.3, -0.25) is 4.79 Å². The molecule has 1 aliphatic rings. The molecule has 0 saturated carbocycles. The van der Waals surface area contributed by atoms with Crippen LogP contribution in [0.1, 0.15) is 21.5 Å². The molecule has 3 rings (SSSR count). The number of carbonyl (C=O) groups excluding carboxylic acids is 1. The minimum Gasteiger partial charge on any atom is -0.492 e. The molecule has 4 heteroatoms. The summed E-state index contributed by atoms with van der Waals surface area (Å²) in [5.41, 5.74) is 1.46. The molecule has 2 aromatic rings. The van der Waals surface area contributed by atoms with E-state index in [2.05, 4.69) is 15.9 Å². The summed E-state index contributed by atoms with van der Waals surface area (Å²) in [6.45, 7) is 0.568. The number of para-hydroxylation sites is 1. The molecule has 0 atom stereocenters. The zero-order valence-electron chi connectivity index (χ0n) is 9.95. The zero-order valence-corrected chi connectivity index (χ0v) is 11.5. The summed E-state index contributed by atoms with van der Waals surface area (Å²) in [6.07, 6.45) is 0.787. The standard InChI is InChI=1S/C15H10BrFO2/c16-11-5-2-6-12(17)13(11)14(18)10-4-1-3-9-7-8-19-15(9)10/h1-6H,7-8H2. The lowest BCUT2D eigenvalue weighted by molar-refractivity contribution is 0.103. The molecule has 0 fully saturated rings. The first-order valence-electron chi connectivity index (χ1n) is 5.92. The Balaban J connectivity index is 2.13. The fourth-order valence-corrected chi connectivity index (χ4v) is 2.77. The first-order valence-corrected chi connectivity index (χ1v) is 6.71. The number of ether oxygens (including phenoxy) is 1. The van der Waals surface area contributed by atoms with E-state index in [1.54, 1.807) is 24.3 Å². The molecule has 0 aromatic heterocycles. The van der Waals surface area contributed by atoms with Crippen LogP contribution >= 0.6 is 15.9 Å². The first kappa shape index (κ1) is 12.4. The third kappa shape index (κ3) is 2.06. The molecule has 1 aliphatic heterocycles. The van der Waals surface area contributed by atoms with E-state index in [1.807, 2.05) is 6.07 Å². The summed E-state index contributed by atoms with van der Waals surface area (Å²) < 4.78 is 19.8. The maximum absolute atomic E-state index is 13.8. The van der Waals surface area contributed by atoms with Gasteiger partial charge in [0.25, 0.3) is 0 Å². The Morgan fingerprint density at radius 3 is 2.79 bits per heavy atom. The molecule has 1 heterocycles. The minimum atomic E-state index is -0.532. The highest BCUT2D eigenvalue weighted by atomic mass is 79.9. The predicted molar refractivity (Wildman–Crippen MR) is 73.2 cm³/mol. The van der Waals surface area contributed by atoms with Crippen molar-refractivity contribution in [3.8, 4) is 5.75 Å². The molecule has 0 aliphatic carbocycles. The lowest BCUT2D eigenvalue weighted by Crippen LogP contribution is -2.07. The summed E-state index contributed by atoms with van der Waals surface area (Å²) in [7, 11) is 0. The Bertz CT molecular complexity index is 647. The van der Waals surface area contributed by atoms with Gasteiger partial charge < -0.3 is 4.74 Å². The largest absolute Gasteiger partial charge is 0.492 e. The average Bonchev–Trinajstić information content (AvgIpc) is 2.86. The van der Waals surface area contributed by atoms with Crippen LogP contribution in [0.3, 0.4) is 0 Å². The molecule has 0 saturated heterocycles. The molecule has 2 aromatic carbocycles. The summed E-state index contributed by atoms with van der Waals surface area (Å²) >= 11 is 3.22. The molecule has 0 unspecified atom stereocenters. The van der Waals surface area contributed by atoms with Gasteiger partial charge in [0, 0.05) is 10.9 Å². The third-order valence-electron chi connectivity index (χ3n) is 3.15. The molecule has 0 amide bonds. The number of fused-ring (bicyclic) bond motifs is 1. The summed E-state index contributed by atoms with van der Waals surface area (Å²) in [5, 5.41) is 0. The topological polar surface area (TPSA) is 26.3 Å². The van der Waals surface area contributed by atoms with Crippen molar-refractivity contribution in [1.82, 2.24) is 0 Å². The number of hydrogen-bond donors (Lipinski definition) is 0. The van der Waals surface area contributed by atoms with Crippen molar-refractivity contribution in [2.75, 3.05) is 6.61 Å². The van der Waals surface area contributed by atoms with Gasteiger partial charge in [-0.2, -0.15) is 0 Å². The summed E-state index contributed by atoms with van der Waals surface area (Å²) in [4.78, 5) is 12.5. The second-order valence-corrected chi connectivity index (χ2v) is 5.17. The van der Waals surface area contributed by atoms with E-state index < -0.39 is 5.82 Å². The highest BCUT2D eigenvalue weighted by Crippen LogP contribution is 2.33. The van der Waals surface area contributed by atoms with Gasteiger partial charge in [-0.25, -0.2) is 4.39 Å². The van der Waals surface area contributed by atoms with Crippen molar-refractivity contribution in [3.63, 3.8) is 0 Å². The zero-order chi connectivity index (χ0) is 13.4. The van der Waals surface area contributed by atoms with Crippen LogP contribution in [-0.2, 0) is 6.42 Å². The molecule has 0 spiro atoms. The SMILES string of the molecule is O=C(c1cccc2c1OCC2)c1c(F)cccc1Br. The predicted octanol–water partition coefficient (Wildman–Crippen LogP) is 3.75. The van der Waals surface area contributed by atoms with E-state index in [9.17, 15) is 9.18 Å². The molecular weight excluding hydrogens is 311 g/mol. The van der Waals surface area contributed by atoms with Crippen LogP contribution in [0.2, 0.25) is 0 Å². The van der Waals surface area contributed by atoms with Gasteiger partial charge in [-0.1, -0.05) is 18.2 Å². The van der Waals surface area contributed by atoms with E-state index in [-0.39, 0.29) is 11.3 Å². The van der Waals surface area contributed by atoms with Crippen LogP contribution in [-0.4, -0.2) is 12.4 Å². The van der Waals surface area contributed by atoms with Crippen LogP contribution in [0.25, 0.3) is 0 Å². The smallest absolute Gasteiger partial charge is 0.200 e.